The number of nitrogens with zero attached hydrogens (tertiary/aromatic N) is 1. The lowest BCUT2D eigenvalue weighted by Crippen LogP contribution is -1.96. The van der Waals surface area contributed by atoms with Crippen molar-refractivity contribution in [2.45, 2.75) is 6.92 Å². The van der Waals surface area contributed by atoms with E-state index in [2.05, 4.69) is 0 Å². The fourth-order valence-electron chi connectivity index (χ4n) is 0.236. The van der Waals surface area contributed by atoms with E-state index in [4.69, 9.17) is 10.4 Å². The zero-order valence-electron chi connectivity index (χ0n) is 4.38. The molecular formula is C5H5NO2. The number of carboxylic acid groups (broad SMARTS) is 1. The molecule has 3 heteroatoms. The zero-order valence-corrected chi connectivity index (χ0v) is 4.38. The summed E-state index contributed by atoms with van der Waals surface area (Å²) in [5, 5.41) is 16.1. The first-order valence-electron chi connectivity index (χ1n) is 2.02. The molecular weight excluding hydrogens is 106 g/mol. The van der Waals surface area contributed by atoms with E-state index in [9.17, 15) is 4.79 Å². The van der Waals surface area contributed by atoms with Crippen LogP contribution in [0.1, 0.15) is 6.92 Å². The van der Waals surface area contributed by atoms with Gasteiger partial charge in [-0.25, -0.2) is 4.79 Å². The van der Waals surface area contributed by atoms with Gasteiger partial charge in [0.05, 0.1) is 0 Å². The number of hydrogen-bond acceptors (Lipinski definition) is 2. The fourth-order valence-corrected chi connectivity index (χ4v) is 0.236. The molecule has 0 saturated carbocycles. The van der Waals surface area contributed by atoms with Crippen molar-refractivity contribution in [2.24, 2.45) is 0 Å². The van der Waals surface area contributed by atoms with Gasteiger partial charge in [-0.3, -0.25) is 0 Å². The Hall–Kier alpha value is -1.30. The number of nitriles is 1. The van der Waals surface area contributed by atoms with Gasteiger partial charge >= 0.3 is 5.97 Å². The topological polar surface area (TPSA) is 61.1 Å². The predicted molar refractivity (Wildman–Crippen MR) is 27.0 cm³/mol. The molecule has 0 heterocycles. The number of aliphatic carboxylic acids is 1. The molecule has 0 unspecified atom stereocenters. The highest BCUT2D eigenvalue weighted by atomic mass is 16.4. The molecule has 0 radical (unpaired) electrons. The molecule has 0 atom stereocenters. The summed E-state index contributed by atoms with van der Waals surface area (Å²) in [7, 11) is 0. The van der Waals surface area contributed by atoms with Crippen LogP contribution in [0.5, 0.6) is 0 Å². The van der Waals surface area contributed by atoms with E-state index in [0.29, 0.717) is 0 Å². The van der Waals surface area contributed by atoms with Crippen molar-refractivity contribution < 1.29 is 9.90 Å². The summed E-state index contributed by atoms with van der Waals surface area (Å²) in [6.07, 6.45) is 1.25. The van der Waals surface area contributed by atoms with Gasteiger partial charge < -0.3 is 5.11 Å². The molecule has 3 nitrogen and oxygen atoms in total. The van der Waals surface area contributed by atoms with Crippen molar-refractivity contribution in [2.75, 3.05) is 0 Å². The van der Waals surface area contributed by atoms with E-state index < -0.39 is 5.97 Å². The van der Waals surface area contributed by atoms with Gasteiger partial charge in [0.2, 0.25) is 0 Å². The summed E-state index contributed by atoms with van der Waals surface area (Å²) in [6.45, 7) is 1.51. The van der Waals surface area contributed by atoms with Crippen molar-refractivity contribution in [3.8, 4) is 6.07 Å². The van der Waals surface area contributed by atoms with Crippen LogP contribution >= 0.6 is 0 Å². The van der Waals surface area contributed by atoms with Gasteiger partial charge in [-0.05, 0) is 6.92 Å². The molecule has 0 amide bonds. The lowest BCUT2D eigenvalue weighted by atomic mass is 10.3. The van der Waals surface area contributed by atoms with E-state index in [1.807, 2.05) is 0 Å². The lowest BCUT2D eigenvalue weighted by molar-refractivity contribution is -0.132. The molecule has 0 bridgehead atoms. The number of allylic oxidation sites excluding steroid dienone is 1. The Labute approximate surface area is 46.9 Å². The van der Waals surface area contributed by atoms with Gasteiger partial charge in [-0.1, -0.05) is 6.08 Å². The number of rotatable bonds is 1. The van der Waals surface area contributed by atoms with Crippen LogP contribution in [0.4, 0.5) is 0 Å². The molecule has 8 heavy (non-hydrogen) atoms. The molecule has 0 rings (SSSR count). The van der Waals surface area contributed by atoms with Crippen LogP contribution < -0.4 is 0 Å². The first-order valence-corrected chi connectivity index (χ1v) is 2.02. The summed E-state index contributed by atoms with van der Waals surface area (Å²) in [6, 6.07) is 1.51. The maximum absolute atomic E-state index is 9.87. The Kier molecular flexibility index (Phi) is 2.35. The predicted octanol–water partition coefficient (Wildman–Crippen LogP) is 0.541. The molecule has 0 aromatic carbocycles. The highest BCUT2D eigenvalue weighted by Crippen LogP contribution is 1.88. The largest absolute Gasteiger partial charge is 0.477 e. The first-order chi connectivity index (χ1) is 3.72. The third-order valence-electron chi connectivity index (χ3n) is 0.640. The molecule has 0 aromatic heterocycles. The van der Waals surface area contributed by atoms with E-state index in [1.54, 1.807) is 0 Å². The maximum Gasteiger partial charge on any atom is 0.346 e. The Bertz CT molecular complexity index is 164. The lowest BCUT2D eigenvalue weighted by Gasteiger charge is -1.80. The minimum Gasteiger partial charge on any atom is -0.477 e. The van der Waals surface area contributed by atoms with Crippen molar-refractivity contribution in [1.82, 2.24) is 0 Å². The smallest absolute Gasteiger partial charge is 0.346 e. The summed E-state index contributed by atoms with van der Waals surface area (Å²) >= 11 is 0. The monoisotopic (exact) mass is 111 g/mol. The molecule has 1 N–H and O–H groups in total. The van der Waals surface area contributed by atoms with E-state index in [-0.39, 0.29) is 5.57 Å². The van der Waals surface area contributed by atoms with Gasteiger partial charge in [0.15, 0.2) is 0 Å². The Balaban J connectivity index is 4.20. The highest BCUT2D eigenvalue weighted by Gasteiger charge is 2.00. The van der Waals surface area contributed by atoms with Crippen molar-refractivity contribution in [3.05, 3.63) is 11.6 Å². The van der Waals surface area contributed by atoms with E-state index >= 15 is 0 Å². The van der Waals surface area contributed by atoms with E-state index in [1.165, 1.54) is 19.1 Å². The minimum absolute atomic E-state index is 0.218. The Morgan fingerprint density at radius 1 is 1.88 bits per heavy atom. The molecule has 0 spiro atoms. The van der Waals surface area contributed by atoms with Crippen LogP contribution in [0.25, 0.3) is 0 Å². The number of carbonyl (C=O) groups is 1. The first kappa shape index (κ1) is 6.70. The molecule has 0 aliphatic rings. The van der Waals surface area contributed by atoms with Crippen LogP contribution in [-0.2, 0) is 4.79 Å². The third kappa shape index (κ3) is 1.43. The van der Waals surface area contributed by atoms with Crippen LogP contribution in [0.3, 0.4) is 0 Å². The summed E-state index contributed by atoms with van der Waals surface area (Å²) in [5.41, 5.74) is -0.218. The molecule has 0 saturated heterocycles. The fraction of sp³-hybridized carbons (Fsp3) is 0.200. The third-order valence-corrected chi connectivity index (χ3v) is 0.640. The second-order valence-electron chi connectivity index (χ2n) is 1.12. The number of hydrogen-bond donors (Lipinski definition) is 1. The van der Waals surface area contributed by atoms with Gasteiger partial charge in [0.1, 0.15) is 11.6 Å². The Morgan fingerprint density at radius 3 is 2.38 bits per heavy atom. The summed E-state index contributed by atoms with van der Waals surface area (Å²) in [4.78, 5) is 9.87. The second-order valence-corrected chi connectivity index (χ2v) is 1.12. The standard InChI is InChI=1S/C5H5NO2/c1-2-4(3-6)5(7)8/h2H,1H3,(H,7,8). The van der Waals surface area contributed by atoms with Gasteiger partial charge in [-0.15, -0.1) is 0 Å². The SMILES string of the molecule is CC=C(C#N)C(=O)O. The van der Waals surface area contributed by atoms with Crippen molar-refractivity contribution in [3.63, 3.8) is 0 Å². The van der Waals surface area contributed by atoms with Crippen LogP contribution in [0, 0.1) is 11.3 Å². The molecule has 0 aliphatic heterocycles. The van der Waals surface area contributed by atoms with Crippen molar-refractivity contribution >= 4 is 5.97 Å². The van der Waals surface area contributed by atoms with Gasteiger partial charge in [-0.2, -0.15) is 5.26 Å². The average Bonchev–Trinajstić information content (AvgIpc) is 1.69. The molecule has 42 valence electrons. The summed E-state index contributed by atoms with van der Waals surface area (Å²) < 4.78 is 0. The van der Waals surface area contributed by atoms with Gasteiger partial charge in [0, 0.05) is 0 Å². The zero-order chi connectivity index (χ0) is 6.57. The quantitative estimate of drug-likeness (QED) is 0.397. The average molecular weight is 111 g/mol. The molecule has 0 fully saturated rings. The minimum atomic E-state index is -1.17. The summed E-state index contributed by atoms with van der Waals surface area (Å²) in [5.74, 6) is -1.17. The van der Waals surface area contributed by atoms with Crippen molar-refractivity contribution in [1.29, 1.82) is 5.26 Å². The van der Waals surface area contributed by atoms with Crippen LogP contribution in [-0.4, -0.2) is 11.1 Å². The highest BCUT2D eigenvalue weighted by molar-refractivity contribution is 5.90. The number of carboxylic acids is 1. The molecule has 0 aromatic rings. The Morgan fingerprint density at radius 2 is 2.38 bits per heavy atom. The second kappa shape index (κ2) is 2.80. The normalized spacial score (nSPS) is 10.2. The maximum atomic E-state index is 9.87. The van der Waals surface area contributed by atoms with Crippen LogP contribution in [0.2, 0.25) is 0 Å². The molecule has 0 aliphatic carbocycles. The van der Waals surface area contributed by atoms with Crippen LogP contribution in [0.15, 0.2) is 11.6 Å². The van der Waals surface area contributed by atoms with Gasteiger partial charge in [0.25, 0.3) is 0 Å². The van der Waals surface area contributed by atoms with E-state index in [0.717, 1.165) is 0 Å².